The van der Waals surface area contributed by atoms with E-state index in [1.54, 1.807) is 0 Å². The summed E-state index contributed by atoms with van der Waals surface area (Å²) in [6, 6.07) is 39.5. The Kier molecular flexibility index (Phi) is 10.7. The lowest BCUT2D eigenvalue weighted by Crippen LogP contribution is -2.62. The zero-order chi connectivity index (χ0) is 53.7. The number of furan rings is 1. The molecule has 0 saturated heterocycles. The van der Waals surface area contributed by atoms with Gasteiger partial charge < -0.3 is 14.2 Å². The summed E-state index contributed by atoms with van der Waals surface area (Å²) in [5.41, 5.74) is 26.6. The van der Waals surface area contributed by atoms with Crippen molar-refractivity contribution >= 4 is 81.7 Å². The third kappa shape index (κ3) is 7.52. The Bertz CT molecular complexity index is 3550. The van der Waals surface area contributed by atoms with Crippen LogP contribution >= 0.6 is 0 Å². The number of fused-ring (bicyclic) bond motifs is 10. The average Bonchev–Trinajstić information content (AvgIpc) is 3.72. The summed E-state index contributed by atoms with van der Waals surface area (Å²) in [6.45, 7) is 46.8. The van der Waals surface area contributed by atoms with Gasteiger partial charge >= 0.3 is 0 Å². The number of nitrogens with zero attached hydrogens (tertiary/aromatic N) is 2. The van der Waals surface area contributed by atoms with Crippen molar-refractivity contribution in [3.05, 3.63) is 142 Å². The highest BCUT2D eigenvalue weighted by Gasteiger charge is 2.52. The number of hydrogen-bond donors (Lipinski definition) is 0. The summed E-state index contributed by atoms with van der Waals surface area (Å²) in [4.78, 5) is 5.54. The van der Waals surface area contributed by atoms with Gasteiger partial charge in [-0.1, -0.05) is 183 Å². The van der Waals surface area contributed by atoms with Gasteiger partial charge in [-0.2, -0.15) is 0 Å². The highest BCUT2D eigenvalue weighted by molar-refractivity contribution is 7.00. The zero-order valence-electron chi connectivity index (χ0n) is 49.4. The zero-order valence-corrected chi connectivity index (χ0v) is 50.4. The fourth-order valence-electron chi connectivity index (χ4n) is 14.7. The van der Waals surface area contributed by atoms with Crippen LogP contribution < -0.4 is 31.6 Å². The number of benzene rings is 6. The maximum Gasteiger partial charge on any atom is 0.297 e. The fraction of sp³-hybridized carbons (Fsp3) is 0.457. The molecule has 0 atom stereocenters. The summed E-state index contributed by atoms with van der Waals surface area (Å²) >= 11 is 0. The van der Waals surface area contributed by atoms with Gasteiger partial charge in [-0.25, -0.2) is 0 Å². The molecule has 5 aliphatic rings. The van der Waals surface area contributed by atoms with Crippen molar-refractivity contribution in [3.8, 4) is 11.1 Å². The van der Waals surface area contributed by atoms with Crippen LogP contribution in [0.4, 0.5) is 34.1 Å². The normalized spacial score (nSPS) is 20.2. The molecule has 6 aromatic carbocycles. The van der Waals surface area contributed by atoms with E-state index in [1.165, 1.54) is 118 Å². The van der Waals surface area contributed by atoms with Gasteiger partial charge in [0.2, 0.25) is 0 Å². The van der Waals surface area contributed by atoms with E-state index in [0.29, 0.717) is 0 Å². The van der Waals surface area contributed by atoms with Gasteiger partial charge in [0.25, 0.3) is 6.71 Å². The number of hydrogen-bond acceptors (Lipinski definition) is 3. The van der Waals surface area contributed by atoms with E-state index in [2.05, 4.69) is 237 Å². The van der Waals surface area contributed by atoms with E-state index >= 15 is 0 Å². The molecular weight excluding hydrogens is 924 g/mol. The van der Waals surface area contributed by atoms with Gasteiger partial charge in [-0.3, -0.25) is 0 Å². The molecule has 3 aliphatic carbocycles. The van der Waals surface area contributed by atoms with E-state index < -0.39 is 8.07 Å². The molecule has 0 amide bonds. The quantitative estimate of drug-likeness (QED) is 0.164. The molecule has 75 heavy (non-hydrogen) atoms. The van der Waals surface area contributed by atoms with Gasteiger partial charge in [-0.15, -0.1) is 0 Å². The summed E-state index contributed by atoms with van der Waals surface area (Å²) in [7, 11) is -2.02. The van der Waals surface area contributed by atoms with Crippen LogP contribution in [0.25, 0.3) is 22.1 Å². The SMILES string of the molecule is Cc1cc(C(C)(C)C)ccc1N1c2cc([Si](C)(C)C)cc3c2B(c2ccc4c(c2N3c2cc3c(cc2-c2ccccc2)C(C)(C)CCC3(C)C)C(C)(C)CCC4(C)C)c2oc3cc4c(cc3c21)C(C)(C)CCC4(C)C. The molecule has 12 rings (SSSR count). The van der Waals surface area contributed by atoms with Gasteiger partial charge in [-0.05, 0) is 187 Å². The van der Waals surface area contributed by atoms with Crippen LogP contribution in [0.2, 0.25) is 19.6 Å². The lowest BCUT2D eigenvalue weighted by atomic mass is 9.35. The van der Waals surface area contributed by atoms with Crippen LogP contribution in [0.5, 0.6) is 0 Å². The van der Waals surface area contributed by atoms with Crippen molar-refractivity contribution in [2.24, 2.45) is 0 Å². The van der Waals surface area contributed by atoms with Gasteiger partial charge in [0.05, 0.1) is 25.1 Å². The lowest BCUT2D eigenvalue weighted by molar-refractivity contribution is 0.332. The lowest BCUT2D eigenvalue weighted by Gasteiger charge is -2.50. The molecule has 1 aromatic heterocycles. The first-order valence-electron chi connectivity index (χ1n) is 28.8. The predicted octanol–water partition coefficient (Wildman–Crippen LogP) is 17.4. The summed E-state index contributed by atoms with van der Waals surface area (Å²) in [5.74, 6) is 0. The summed E-state index contributed by atoms with van der Waals surface area (Å²) in [6.07, 6.45) is 6.91. The second-order valence-corrected chi connectivity index (χ2v) is 35.3. The third-order valence-corrected chi connectivity index (χ3v) is 22.1. The van der Waals surface area contributed by atoms with E-state index in [4.69, 9.17) is 4.42 Å². The van der Waals surface area contributed by atoms with Crippen LogP contribution in [0.3, 0.4) is 0 Å². The highest BCUT2D eigenvalue weighted by atomic mass is 28.3. The first-order chi connectivity index (χ1) is 34.8. The smallest absolute Gasteiger partial charge is 0.297 e. The van der Waals surface area contributed by atoms with E-state index in [-0.39, 0.29) is 44.6 Å². The molecule has 388 valence electrons. The van der Waals surface area contributed by atoms with Crippen molar-refractivity contribution in [2.45, 2.75) is 207 Å². The molecule has 0 bridgehead atoms. The summed E-state index contributed by atoms with van der Waals surface area (Å²) in [5, 5.41) is 2.70. The largest absolute Gasteiger partial charge is 0.468 e. The maximum absolute atomic E-state index is 7.84. The molecule has 0 fully saturated rings. The van der Waals surface area contributed by atoms with Crippen molar-refractivity contribution in [1.82, 2.24) is 0 Å². The van der Waals surface area contributed by atoms with E-state index in [9.17, 15) is 0 Å². The molecule has 0 N–H and O–H groups in total. The Labute approximate surface area is 453 Å². The van der Waals surface area contributed by atoms with Gasteiger partial charge in [0, 0.05) is 33.7 Å². The third-order valence-electron chi connectivity index (χ3n) is 20.0. The first-order valence-corrected chi connectivity index (χ1v) is 32.3. The van der Waals surface area contributed by atoms with Crippen LogP contribution in [0.1, 0.15) is 187 Å². The topological polar surface area (TPSA) is 19.6 Å². The van der Waals surface area contributed by atoms with Gasteiger partial charge in [0.1, 0.15) is 5.58 Å². The van der Waals surface area contributed by atoms with E-state index in [1.807, 2.05) is 0 Å². The Morgan fingerprint density at radius 3 is 1.59 bits per heavy atom. The van der Waals surface area contributed by atoms with Crippen molar-refractivity contribution in [1.29, 1.82) is 0 Å². The Morgan fingerprint density at radius 1 is 0.507 bits per heavy atom. The van der Waals surface area contributed by atoms with Crippen molar-refractivity contribution < 1.29 is 4.42 Å². The molecule has 0 radical (unpaired) electrons. The minimum atomic E-state index is -2.02. The minimum absolute atomic E-state index is 0.00456. The number of rotatable bonds is 4. The molecule has 5 heteroatoms. The molecular formula is C70H85BN2OSi. The Balaban J connectivity index is 1.29. The first kappa shape index (κ1) is 50.6. The maximum atomic E-state index is 7.84. The number of aryl methyl sites for hydroxylation is 1. The molecule has 2 aliphatic heterocycles. The Morgan fingerprint density at radius 2 is 1.03 bits per heavy atom. The average molecular weight is 1010 g/mol. The standard InChI is InChI=1S/C70H85BN2OSi/c1-42-35-44(64(2,3)4)25-28-54(42)72-56-36-45(75(17,18)19)37-57-60(56)71(63-61(72)47-39-50-52(41-58(47)74-63)69(13,14)32-30-67(50,9)10)53-27-26-48-59(70(15,16)34-33-65(48,5)6)62(53)73(57)55-40-51-49(66(7,8)29-31-68(51,11)12)38-46(55)43-23-21-20-22-24-43/h20-28,35-41H,29-34H2,1-19H3. The number of anilines is 6. The predicted molar refractivity (Wildman–Crippen MR) is 328 cm³/mol. The van der Waals surface area contributed by atoms with Crippen LogP contribution in [0.15, 0.2) is 101 Å². The highest BCUT2D eigenvalue weighted by Crippen LogP contribution is 2.58. The van der Waals surface area contributed by atoms with Crippen molar-refractivity contribution in [2.75, 3.05) is 9.80 Å². The summed E-state index contributed by atoms with van der Waals surface area (Å²) < 4.78 is 7.84. The van der Waals surface area contributed by atoms with E-state index in [0.717, 1.165) is 43.3 Å². The Hall–Kier alpha value is -5.26. The molecule has 3 nitrogen and oxygen atoms in total. The molecule has 0 spiro atoms. The monoisotopic (exact) mass is 1010 g/mol. The fourth-order valence-corrected chi connectivity index (χ4v) is 15.8. The second-order valence-electron chi connectivity index (χ2n) is 30.3. The second kappa shape index (κ2) is 15.9. The van der Waals surface area contributed by atoms with Crippen LogP contribution in [-0.4, -0.2) is 14.8 Å². The van der Waals surface area contributed by atoms with Crippen LogP contribution in [-0.2, 0) is 37.9 Å². The minimum Gasteiger partial charge on any atom is -0.468 e. The molecule has 0 unspecified atom stereocenters. The molecule has 7 aromatic rings. The van der Waals surface area contributed by atoms with Crippen LogP contribution in [0, 0.1) is 6.92 Å². The molecule has 3 heterocycles. The molecule has 0 saturated carbocycles. The van der Waals surface area contributed by atoms with Gasteiger partial charge in [0.15, 0.2) is 0 Å². The van der Waals surface area contributed by atoms with Crippen molar-refractivity contribution in [3.63, 3.8) is 0 Å².